The number of nitrogens with zero attached hydrogens (tertiary/aromatic N) is 3. The molecule has 0 aliphatic heterocycles. The van der Waals surface area contributed by atoms with Crippen LogP contribution in [-0.2, 0) is 0 Å². The zero-order chi connectivity index (χ0) is 9.14. The van der Waals surface area contributed by atoms with Gasteiger partial charge in [0.15, 0.2) is 10.4 Å². The van der Waals surface area contributed by atoms with E-state index >= 15 is 0 Å². The van der Waals surface area contributed by atoms with Gasteiger partial charge in [0.1, 0.15) is 5.69 Å². The van der Waals surface area contributed by atoms with Crippen LogP contribution in [0.15, 0.2) is 18.7 Å². The summed E-state index contributed by atoms with van der Waals surface area (Å²) < 4.78 is 5.95. The lowest BCUT2D eigenvalue weighted by molar-refractivity contribution is 0.528. The maximum absolute atomic E-state index is 8.19. The van der Waals surface area contributed by atoms with Gasteiger partial charge in [0.2, 0.25) is 0 Å². The van der Waals surface area contributed by atoms with E-state index in [0.717, 1.165) is 0 Å². The monoisotopic (exact) mass is 289 g/mol. The molecule has 0 saturated heterocycles. The highest BCUT2D eigenvalue weighted by atomic mass is 79.9. The number of rotatable bonds is 1. The molecule has 1 aromatic rings. The molecular formula is C6HBr2N3O. The van der Waals surface area contributed by atoms with Crippen molar-refractivity contribution in [3.8, 4) is 12.3 Å². The third kappa shape index (κ3) is 1.48. The standard InChI is InChI=1S/C6HBr2N3O/c1-2-3-5(10-11-9)4(7)6(8)12-3/h1H. The summed E-state index contributed by atoms with van der Waals surface area (Å²) in [5.74, 6) is 2.45. The summed E-state index contributed by atoms with van der Waals surface area (Å²) in [5.41, 5.74) is 8.47. The second-order valence-corrected chi connectivity index (χ2v) is 3.21. The molecule has 1 aromatic heterocycles. The van der Waals surface area contributed by atoms with Crippen LogP contribution in [0.2, 0.25) is 0 Å². The molecule has 4 nitrogen and oxygen atoms in total. The SMILES string of the molecule is C#Cc1oc(Br)c(Br)c1N=[N+]=[N-]. The van der Waals surface area contributed by atoms with Crippen molar-refractivity contribution in [2.75, 3.05) is 0 Å². The predicted octanol–water partition coefficient (Wildman–Crippen LogP) is 3.73. The van der Waals surface area contributed by atoms with Gasteiger partial charge in [-0.3, -0.25) is 0 Å². The van der Waals surface area contributed by atoms with Gasteiger partial charge in [-0.1, -0.05) is 5.11 Å². The smallest absolute Gasteiger partial charge is 0.188 e. The number of halogens is 2. The van der Waals surface area contributed by atoms with Gasteiger partial charge >= 0.3 is 0 Å². The van der Waals surface area contributed by atoms with Gasteiger partial charge in [0.25, 0.3) is 0 Å². The van der Waals surface area contributed by atoms with E-state index in [1.165, 1.54) is 0 Å². The van der Waals surface area contributed by atoms with Crippen LogP contribution in [0.25, 0.3) is 10.4 Å². The van der Waals surface area contributed by atoms with E-state index in [1.807, 2.05) is 0 Å². The Labute approximate surface area is 84.8 Å². The molecule has 0 fully saturated rings. The number of terminal acetylenes is 1. The van der Waals surface area contributed by atoms with Crippen LogP contribution in [0.3, 0.4) is 0 Å². The molecule has 0 bridgehead atoms. The normalized spacial score (nSPS) is 8.75. The largest absolute Gasteiger partial charge is 0.439 e. The number of azide groups is 1. The predicted molar refractivity (Wildman–Crippen MR) is 50.8 cm³/mol. The minimum absolute atomic E-state index is 0.201. The zero-order valence-electron chi connectivity index (χ0n) is 5.58. The molecule has 0 saturated carbocycles. The molecule has 0 amide bonds. The van der Waals surface area contributed by atoms with Crippen molar-refractivity contribution in [1.82, 2.24) is 0 Å². The first-order valence-corrected chi connectivity index (χ1v) is 4.28. The van der Waals surface area contributed by atoms with E-state index in [4.69, 9.17) is 16.4 Å². The summed E-state index contributed by atoms with van der Waals surface area (Å²) in [6.45, 7) is 0. The van der Waals surface area contributed by atoms with E-state index in [2.05, 4.69) is 47.8 Å². The molecule has 6 heteroatoms. The number of furan rings is 1. The van der Waals surface area contributed by atoms with Crippen molar-refractivity contribution in [1.29, 1.82) is 0 Å². The Morgan fingerprint density at radius 3 is 2.75 bits per heavy atom. The molecule has 12 heavy (non-hydrogen) atoms. The fourth-order valence-electron chi connectivity index (χ4n) is 0.607. The fraction of sp³-hybridized carbons (Fsp3) is 0. The lowest BCUT2D eigenvalue weighted by Crippen LogP contribution is -1.63. The van der Waals surface area contributed by atoms with Crippen molar-refractivity contribution in [3.63, 3.8) is 0 Å². The first-order valence-electron chi connectivity index (χ1n) is 2.70. The van der Waals surface area contributed by atoms with Gasteiger partial charge in [-0.15, -0.1) is 6.42 Å². The Hall–Kier alpha value is -0.890. The highest BCUT2D eigenvalue weighted by molar-refractivity contribution is 9.13. The summed E-state index contributed by atoms with van der Waals surface area (Å²) in [5, 5.41) is 3.37. The molecule has 0 aliphatic rings. The van der Waals surface area contributed by atoms with Crippen LogP contribution in [0.4, 0.5) is 5.69 Å². The van der Waals surface area contributed by atoms with Gasteiger partial charge < -0.3 is 4.42 Å². The van der Waals surface area contributed by atoms with Gasteiger partial charge in [-0.2, -0.15) is 0 Å². The van der Waals surface area contributed by atoms with E-state index < -0.39 is 0 Å². The molecule has 0 N–H and O–H groups in total. The molecule has 1 heterocycles. The van der Waals surface area contributed by atoms with Gasteiger partial charge in [-0.05, 0) is 43.3 Å². The van der Waals surface area contributed by atoms with Crippen LogP contribution in [0, 0.1) is 12.3 Å². The highest BCUT2D eigenvalue weighted by Gasteiger charge is 2.13. The number of hydrogen-bond acceptors (Lipinski definition) is 2. The second-order valence-electron chi connectivity index (χ2n) is 1.70. The lowest BCUT2D eigenvalue weighted by atomic mass is 10.4. The third-order valence-electron chi connectivity index (χ3n) is 1.06. The minimum atomic E-state index is 0.201. The minimum Gasteiger partial charge on any atom is -0.439 e. The van der Waals surface area contributed by atoms with Crippen LogP contribution in [0.5, 0.6) is 0 Å². The molecule has 0 aromatic carbocycles. The molecule has 1 rings (SSSR count). The van der Waals surface area contributed by atoms with Crippen molar-refractivity contribution in [3.05, 3.63) is 25.3 Å². The molecule has 0 radical (unpaired) electrons. The lowest BCUT2D eigenvalue weighted by Gasteiger charge is -1.83. The van der Waals surface area contributed by atoms with Crippen molar-refractivity contribution in [2.45, 2.75) is 0 Å². The average molecular weight is 291 g/mol. The van der Waals surface area contributed by atoms with Gasteiger partial charge in [0, 0.05) is 4.91 Å². The van der Waals surface area contributed by atoms with Crippen LogP contribution < -0.4 is 0 Å². The average Bonchev–Trinajstić information content (AvgIpc) is 2.33. The Bertz CT molecular complexity index is 398. The Morgan fingerprint density at radius 2 is 2.25 bits per heavy atom. The Balaban J connectivity index is 3.43. The maximum Gasteiger partial charge on any atom is 0.188 e. The van der Waals surface area contributed by atoms with Crippen LogP contribution >= 0.6 is 31.9 Å². The van der Waals surface area contributed by atoms with E-state index in [1.54, 1.807) is 0 Å². The van der Waals surface area contributed by atoms with Crippen molar-refractivity contribution < 1.29 is 4.42 Å². The summed E-state index contributed by atoms with van der Waals surface area (Å²) >= 11 is 6.23. The van der Waals surface area contributed by atoms with Gasteiger partial charge in [0.05, 0.1) is 4.47 Å². The molecule has 0 spiro atoms. The molecular weight excluding hydrogens is 290 g/mol. The first-order chi connectivity index (χ1) is 5.70. The summed E-state index contributed by atoms with van der Waals surface area (Å²) in [4.78, 5) is 2.61. The quantitative estimate of drug-likeness (QED) is 0.336. The summed E-state index contributed by atoms with van der Waals surface area (Å²) in [7, 11) is 0. The maximum atomic E-state index is 8.19. The van der Waals surface area contributed by atoms with Crippen molar-refractivity contribution in [2.24, 2.45) is 5.11 Å². The van der Waals surface area contributed by atoms with Crippen LogP contribution in [0.1, 0.15) is 5.76 Å². The highest BCUT2D eigenvalue weighted by Crippen LogP contribution is 2.38. The number of hydrogen-bond donors (Lipinski definition) is 0. The second kappa shape index (κ2) is 3.68. The van der Waals surface area contributed by atoms with Crippen LogP contribution in [-0.4, -0.2) is 0 Å². The van der Waals surface area contributed by atoms with Gasteiger partial charge in [-0.25, -0.2) is 0 Å². The first kappa shape index (κ1) is 9.20. The summed E-state index contributed by atoms with van der Waals surface area (Å²) in [6.07, 6.45) is 5.09. The fourth-order valence-corrected chi connectivity index (χ4v) is 1.30. The topological polar surface area (TPSA) is 61.9 Å². The Morgan fingerprint density at radius 1 is 1.58 bits per heavy atom. The molecule has 0 unspecified atom stereocenters. The summed E-state index contributed by atoms with van der Waals surface area (Å²) in [6, 6.07) is 0. The van der Waals surface area contributed by atoms with Crippen molar-refractivity contribution >= 4 is 37.5 Å². The van der Waals surface area contributed by atoms with E-state index in [9.17, 15) is 0 Å². The molecule has 0 atom stereocenters. The van der Waals surface area contributed by atoms with E-state index in [0.29, 0.717) is 9.14 Å². The Kier molecular flexibility index (Phi) is 2.82. The third-order valence-corrected chi connectivity index (χ3v) is 2.89. The zero-order valence-corrected chi connectivity index (χ0v) is 8.76. The molecule has 60 valence electrons. The molecule has 0 aliphatic carbocycles. The van der Waals surface area contributed by atoms with E-state index in [-0.39, 0.29) is 11.4 Å².